The number of aryl methyl sites for hydroxylation is 1. The molecular formula is C16H24N2O2. The van der Waals surface area contributed by atoms with Gasteiger partial charge in [-0.3, -0.25) is 0 Å². The molecule has 0 aromatic heterocycles. The van der Waals surface area contributed by atoms with Crippen molar-refractivity contribution in [1.29, 1.82) is 0 Å². The number of urea groups is 1. The highest BCUT2D eigenvalue weighted by atomic mass is 16.5. The van der Waals surface area contributed by atoms with Crippen molar-refractivity contribution >= 4 is 6.03 Å². The molecule has 110 valence electrons. The number of rotatable bonds is 1. The van der Waals surface area contributed by atoms with Crippen molar-refractivity contribution in [3.8, 4) is 0 Å². The number of carbonyl (C=O) groups excluding carboxylic acids is 1. The zero-order chi connectivity index (χ0) is 14.8. The van der Waals surface area contributed by atoms with Crippen LogP contribution in [-0.2, 0) is 4.74 Å². The van der Waals surface area contributed by atoms with Crippen LogP contribution in [0, 0.1) is 6.92 Å². The Hall–Kier alpha value is -1.55. The van der Waals surface area contributed by atoms with Crippen LogP contribution in [0.15, 0.2) is 24.3 Å². The predicted octanol–water partition coefficient (Wildman–Crippen LogP) is 2.88. The fraction of sp³-hybridized carbons (Fsp3) is 0.562. The van der Waals surface area contributed by atoms with E-state index in [-0.39, 0.29) is 17.7 Å². The Kier molecular flexibility index (Phi) is 4.33. The van der Waals surface area contributed by atoms with E-state index in [9.17, 15) is 4.79 Å². The number of benzene rings is 1. The summed E-state index contributed by atoms with van der Waals surface area (Å²) in [5, 5.41) is 3.00. The summed E-state index contributed by atoms with van der Waals surface area (Å²) in [6.45, 7) is 9.86. The molecule has 1 unspecified atom stereocenters. The third-order valence-corrected chi connectivity index (χ3v) is 3.28. The maximum atomic E-state index is 12.2. The van der Waals surface area contributed by atoms with Gasteiger partial charge < -0.3 is 15.0 Å². The molecule has 1 aliphatic rings. The Bertz CT molecular complexity index is 462. The number of nitrogens with one attached hydrogen (secondary N) is 1. The van der Waals surface area contributed by atoms with Gasteiger partial charge in [0, 0.05) is 12.1 Å². The highest BCUT2D eigenvalue weighted by Crippen LogP contribution is 2.22. The molecule has 1 aliphatic heterocycles. The molecule has 2 amide bonds. The molecule has 0 bridgehead atoms. The predicted molar refractivity (Wildman–Crippen MR) is 79.7 cm³/mol. The van der Waals surface area contributed by atoms with Crippen molar-refractivity contribution in [2.75, 3.05) is 19.7 Å². The summed E-state index contributed by atoms with van der Waals surface area (Å²) in [7, 11) is 0. The number of hydrogen-bond donors (Lipinski definition) is 1. The number of morpholine rings is 1. The molecule has 1 saturated heterocycles. The Morgan fingerprint density at radius 1 is 1.30 bits per heavy atom. The highest BCUT2D eigenvalue weighted by Gasteiger charge is 2.27. The molecule has 20 heavy (non-hydrogen) atoms. The molecule has 1 atom stereocenters. The number of hydrogen-bond acceptors (Lipinski definition) is 2. The van der Waals surface area contributed by atoms with Crippen LogP contribution in [0.3, 0.4) is 0 Å². The van der Waals surface area contributed by atoms with Crippen molar-refractivity contribution in [2.24, 2.45) is 0 Å². The molecule has 2 rings (SSSR count). The monoisotopic (exact) mass is 276 g/mol. The van der Waals surface area contributed by atoms with Crippen LogP contribution in [0.4, 0.5) is 4.79 Å². The number of nitrogens with zero attached hydrogens (tertiary/aromatic N) is 1. The average Bonchev–Trinajstić information content (AvgIpc) is 2.38. The van der Waals surface area contributed by atoms with Crippen molar-refractivity contribution in [3.63, 3.8) is 0 Å². The van der Waals surface area contributed by atoms with Crippen LogP contribution in [0.2, 0.25) is 0 Å². The fourth-order valence-electron chi connectivity index (χ4n) is 2.22. The van der Waals surface area contributed by atoms with Gasteiger partial charge in [0.05, 0.1) is 13.2 Å². The van der Waals surface area contributed by atoms with Gasteiger partial charge in [0.25, 0.3) is 0 Å². The Labute approximate surface area is 121 Å². The average molecular weight is 276 g/mol. The minimum Gasteiger partial charge on any atom is -0.370 e. The highest BCUT2D eigenvalue weighted by molar-refractivity contribution is 5.75. The lowest BCUT2D eigenvalue weighted by molar-refractivity contribution is -0.0161. The summed E-state index contributed by atoms with van der Waals surface area (Å²) < 4.78 is 5.79. The van der Waals surface area contributed by atoms with Crippen LogP contribution in [0.1, 0.15) is 38.0 Å². The number of ether oxygens (including phenoxy) is 1. The Morgan fingerprint density at radius 2 is 1.95 bits per heavy atom. The summed E-state index contributed by atoms with van der Waals surface area (Å²) in [6.07, 6.45) is -0.0323. The lowest BCUT2D eigenvalue weighted by Crippen LogP contribution is -2.52. The maximum Gasteiger partial charge on any atom is 0.317 e. The molecular weight excluding hydrogens is 252 g/mol. The first-order chi connectivity index (χ1) is 9.35. The molecule has 0 radical (unpaired) electrons. The zero-order valence-corrected chi connectivity index (χ0v) is 12.8. The van der Waals surface area contributed by atoms with E-state index < -0.39 is 0 Å². The normalized spacial score (nSPS) is 19.8. The van der Waals surface area contributed by atoms with Gasteiger partial charge >= 0.3 is 6.03 Å². The summed E-state index contributed by atoms with van der Waals surface area (Å²) in [5.74, 6) is 0. The van der Waals surface area contributed by atoms with Gasteiger partial charge in [-0.25, -0.2) is 4.79 Å². The molecule has 0 saturated carbocycles. The van der Waals surface area contributed by atoms with E-state index in [0.717, 1.165) is 5.56 Å². The molecule has 1 aromatic rings. The molecule has 1 fully saturated rings. The van der Waals surface area contributed by atoms with Crippen LogP contribution in [0.25, 0.3) is 0 Å². The summed E-state index contributed by atoms with van der Waals surface area (Å²) in [4.78, 5) is 14.0. The van der Waals surface area contributed by atoms with E-state index in [2.05, 4.69) is 36.5 Å². The molecule has 0 spiro atoms. The van der Waals surface area contributed by atoms with Crippen molar-refractivity contribution in [3.05, 3.63) is 35.4 Å². The molecule has 4 heteroatoms. The van der Waals surface area contributed by atoms with Gasteiger partial charge in [-0.2, -0.15) is 0 Å². The topological polar surface area (TPSA) is 41.6 Å². The maximum absolute atomic E-state index is 12.2. The van der Waals surface area contributed by atoms with Crippen LogP contribution >= 0.6 is 0 Å². The van der Waals surface area contributed by atoms with E-state index in [1.165, 1.54) is 5.56 Å². The molecule has 0 aliphatic carbocycles. The van der Waals surface area contributed by atoms with E-state index in [0.29, 0.717) is 19.7 Å². The lowest BCUT2D eigenvalue weighted by atomic mass is 10.1. The molecule has 4 nitrogen and oxygen atoms in total. The second-order valence-electron chi connectivity index (χ2n) is 6.40. The minimum atomic E-state index is -0.214. The lowest BCUT2D eigenvalue weighted by Gasteiger charge is -2.35. The van der Waals surface area contributed by atoms with E-state index in [4.69, 9.17) is 4.74 Å². The second-order valence-corrected chi connectivity index (χ2v) is 6.40. The second kappa shape index (κ2) is 5.83. The number of amides is 2. The smallest absolute Gasteiger partial charge is 0.317 e. The summed E-state index contributed by atoms with van der Waals surface area (Å²) >= 11 is 0. The van der Waals surface area contributed by atoms with E-state index in [1.807, 2.05) is 25.7 Å². The van der Waals surface area contributed by atoms with Crippen molar-refractivity contribution < 1.29 is 9.53 Å². The van der Waals surface area contributed by atoms with E-state index >= 15 is 0 Å². The summed E-state index contributed by atoms with van der Waals surface area (Å²) in [6, 6.07) is 8.29. The van der Waals surface area contributed by atoms with Gasteiger partial charge in [0.1, 0.15) is 6.10 Å². The summed E-state index contributed by atoms with van der Waals surface area (Å²) in [5.41, 5.74) is 2.14. The van der Waals surface area contributed by atoms with Crippen LogP contribution < -0.4 is 5.32 Å². The van der Waals surface area contributed by atoms with Crippen molar-refractivity contribution in [2.45, 2.75) is 39.3 Å². The minimum absolute atomic E-state index is 0.0158. The fourth-order valence-corrected chi connectivity index (χ4v) is 2.22. The quantitative estimate of drug-likeness (QED) is 0.857. The SMILES string of the molecule is Cc1ccc(C2CN(C(=O)NC(C)(C)C)CCO2)cc1. The third-order valence-electron chi connectivity index (χ3n) is 3.28. The first-order valence-electron chi connectivity index (χ1n) is 7.10. The Morgan fingerprint density at radius 3 is 2.55 bits per heavy atom. The first-order valence-corrected chi connectivity index (χ1v) is 7.10. The van der Waals surface area contributed by atoms with E-state index in [1.54, 1.807) is 0 Å². The standard InChI is InChI=1S/C16H24N2O2/c1-12-5-7-13(8-6-12)14-11-18(9-10-20-14)15(19)17-16(2,3)4/h5-8,14H,9-11H2,1-4H3,(H,17,19). The first kappa shape index (κ1) is 14.9. The van der Waals surface area contributed by atoms with Gasteiger partial charge in [0.15, 0.2) is 0 Å². The molecule has 1 aromatic carbocycles. The number of carbonyl (C=O) groups is 1. The largest absolute Gasteiger partial charge is 0.370 e. The third kappa shape index (κ3) is 3.97. The van der Waals surface area contributed by atoms with Gasteiger partial charge in [0.2, 0.25) is 0 Å². The van der Waals surface area contributed by atoms with Crippen LogP contribution in [-0.4, -0.2) is 36.2 Å². The Balaban J connectivity index is 2.01. The van der Waals surface area contributed by atoms with Crippen LogP contribution in [0.5, 0.6) is 0 Å². The molecule has 1 N–H and O–H groups in total. The molecule has 1 heterocycles. The van der Waals surface area contributed by atoms with Crippen molar-refractivity contribution in [1.82, 2.24) is 10.2 Å². The zero-order valence-electron chi connectivity index (χ0n) is 12.8. The van der Waals surface area contributed by atoms with Gasteiger partial charge in [-0.15, -0.1) is 0 Å². The van der Waals surface area contributed by atoms with Gasteiger partial charge in [-0.05, 0) is 33.3 Å². The van der Waals surface area contributed by atoms with Gasteiger partial charge in [-0.1, -0.05) is 29.8 Å².